The molecule has 0 fully saturated rings. The summed E-state index contributed by atoms with van der Waals surface area (Å²) in [5, 5.41) is 3.32. The SMILES string of the molecule is CCCNc1cc(CCC)nc(Cc2ccc(F)cc2)n1. The normalized spacial score (nSPS) is 10.6. The topological polar surface area (TPSA) is 37.8 Å². The Labute approximate surface area is 125 Å². The van der Waals surface area contributed by atoms with Crippen LogP contribution in [0.4, 0.5) is 10.2 Å². The molecule has 1 N–H and O–H groups in total. The zero-order valence-electron chi connectivity index (χ0n) is 12.7. The van der Waals surface area contributed by atoms with Crippen molar-refractivity contribution in [3.8, 4) is 0 Å². The van der Waals surface area contributed by atoms with Crippen molar-refractivity contribution in [1.82, 2.24) is 9.97 Å². The Balaban J connectivity index is 2.19. The second kappa shape index (κ2) is 7.72. The van der Waals surface area contributed by atoms with Crippen LogP contribution in [-0.2, 0) is 12.8 Å². The zero-order chi connectivity index (χ0) is 15.1. The Hall–Kier alpha value is -1.97. The molecule has 1 aromatic heterocycles. The summed E-state index contributed by atoms with van der Waals surface area (Å²) in [7, 11) is 0. The maximum Gasteiger partial charge on any atom is 0.135 e. The second-order valence-corrected chi connectivity index (χ2v) is 5.14. The number of nitrogens with one attached hydrogen (secondary N) is 1. The summed E-state index contributed by atoms with van der Waals surface area (Å²) in [6.45, 7) is 5.17. The van der Waals surface area contributed by atoms with E-state index in [1.54, 1.807) is 12.1 Å². The van der Waals surface area contributed by atoms with Gasteiger partial charge in [0.15, 0.2) is 0 Å². The average molecular weight is 287 g/mol. The summed E-state index contributed by atoms with van der Waals surface area (Å²) >= 11 is 0. The van der Waals surface area contributed by atoms with Gasteiger partial charge in [0.1, 0.15) is 17.5 Å². The highest BCUT2D eigenvalue weighted by Gasteiger charge is 2.06. The van der Waals surface area contributed by atoms with Gasteiger partial charge in [-0.15, -0.1) is 0 Å². The zero-order valence-corrected chi connectivity index (χ0v) is 12.7. The molecule has 0 aliphatic carbocycles. The van der Waals surface area contributed by atoms with Crippen molar-refractivity contribution in [3.63, 3.8) is 0 Å². The summed E-state index contributed by atoms with van der Waals surface area (Å²) in [6, 6.07) is 8.53. The first-order valence-corrected chi connectivity index (χ1v) is 7.56. The predicted molar refractivity (Wildman–Crippen MR) is 84.0 cm³/mol. The summed E-state index contributed by atoms with van der Waals surface area (Å²) in [6.07, 6.45) is 3.68. The van der Waals surface area contributed by atoms with Crippen LogP contribution in [0.2, 0.25) is 0 Å². The molecule has 0 aliphatic rings. The highest BCUT2D eigenvalue weighted by atomic mass is 19.1. The molecule has 0 saturated heterocycles. The van der Waals surface area contributed by atoms with Gasteiger partial charge in [-0.3, -0.25) is 0 Å². The number of aromatic nitrogens is 2. The molecule has 0 saturated carbocycles. The van der Waals surface area contributed by atoms with Crippen molar-refractivity contribution in [3.05, 3.63) is 53.2 Å². The Kier molecular flexibility index (Phi) is 5.67. The molecule has 1 heterocycles. The standard InChI is InChI=1S/C17H22FN3/c1-3-5-15-12-16(19-10-4-2)21-17(20-15)11-13-6-8-14(18)9-7-13/h6-9,12H,3-5,10-11H2,1-2H3,(H,19,20,21). The third kappa shape index (κ3) is 4.81. The molecular weight excluding hydrogens is 265 g/mol. The lowest BCUT2D eigenvalue weighted by atomic mass is 10.1. The van der Waals surface area contributed by atoms with E-state index in [1.165, 1.54) is 12.1 Å². The van der Waals surface area contributed by atoms with Crippen molar-refractivity contribution < 1.29 is 4.39 Å². The highest BCUT2D eigenvalue weighted by molar-refractivity contribution is 5.37. The molecular formula is C17H22FN3. The van der Waals surface area contributed by atoms with Gasteiger partial charge in [-0.1, -0.05) is 32.4 Å². The lowest BCUT2D eigenvalue weighted by molar-refractivity contribution is 0.627. The second-order valence-electron chi connectivity index (χ2n) is 5.14. The lowest BCUT2D eigenvalue weighted by Crippen LogP contribution is -2.08. The molecule has 21 heavy (non-hydrogen) atoms. The third-order valence-electron chi connectivity index (χ3n) is 3.16. The summed E-state index contributed by atoms with van der Waals surface area (Å²) in [5.41, 5.74) is 2.08. The van der Waals surface area contributed by atoms with Crippen LogP contribution in [0.3, 0.4) is 0 Å². The molecule has 2 rings (SSSR count). The fourth-order valence-corrected chi connectivity index (χ4v) is 2.14. The number of halogens is 1. The average Bonchev–Trinajstić information content (AvgIpc) is 2.48. The van der Waals surface area contributed by atoms with E-state index in [0.717, 1.165) is 48.7 Å². The van der Waals surface area contributed by atoms with Crippen LogP contribution < -0.4 is 5.32 Å². The monoisotopic (exact) mass is 287 g/mol. The molecule has 4 heteroatoms. The predicted octanol–water partition coefficient (Wildman–Crippen LogP) is 3.98. The first-order valence-electron chi connectivity index (χ1n) is 7.56. The van der Waals surface area contributed by atoms with Gasteiger partial charge in [0.25, 0.3) is 0 Å². The summed E-state index contributed by atoms with van der Waals surface area (Å²) in [4.78, 5) is 9.16. The smallest absolute Gasteiger partial charge is 0.135 e. The van der Waals surface area contributed by atoms with E-state index in [4.69, 9.17) is 0 Å². The molecule has 0 radical (unpaired) electrons. The largest absolute Gasteiger partial charge is 0.370 e. The Morgan fingerprint density at radius 3 is 2.48 bits per heavy atom. The lowest BCUT2D eigenvalue weighted by Gasteiger charge is -2.09. The molecule has 0 spiro atoms. The van der Waals surface area contributed by atoms with E-state index >= 15 is 0 Å². The van der Waals surface area contributed by atoms with Crippen molar-refractivity contribution in [2.75, 3.05) is 11.9 Å². The molecule has 1 aromatic carbocycles. The van der Waals surface area contributed by atoms with Crippen molar-refractivity contribution in [1.29, 1.82) is 0 Å². The van der Waals surface area contributed by atoms with Crippen LogP contribution in [0.1, 0.15) is 43.8 Å². The van der Waals surface area contributed by atoms with Crippen LogP contribution in [0.15, 0.2) is 30.3 Å². The Bertz CT molecular complexity index is 567. The molecule has 112 valence electrons. The van der Waals surface area contributed by atoms with Gasteiger partial charge in [0.2, 0.25) is 0 Å². The van der Waals surface area contributed by atoms with Gasteiger partial charge < -0.3 is 5.32 Å². The van der Waals surface area contributed by atoms with Crippen molar-refractivity contribution >= 4 is 5.82 Å². The minimum Gasteiger partial charge on any atom is -0.370 e. The van der Waals surface area contributed by atoms with Gasteiger partial charge in [0, 0.05) is 24.7 Å². The fourth-order valence-electron chi connectivity index (χ4n) is 2.14. The van der Waals surface area contributed by atoms with E-state index in [2.05, 4.69) is 29.1 Å². The van der Waals surface area contributed by atoms with Crippen molar-refractivity contribution in [2.24, 2.45) is 0 Å². The van der Waals surface area contributed by atoms with E-state index in [1.807, 2.05) is 6.07 Å². The van der Waals surface area contributed by atoms with Gasteiger partial charge in [-0.25, -0.2) is 14.4 Å². The number of nitrogens with zero attached hydrogens (tertiary/aromatic N) is 2. The summed E-state index contributed by atoms with van der Waals surface area (Å²) < 4.78 is 13.0. The third-order valence-corrected chi connectivity index (χ3v) is 3.16. The Morgan fingerprint density at radius 2 is 1.81 bits per heavy atom. The van der Waals surface area contributed by atoms with E-state index in [0.29, 0.717) is 6.42 Å². The maximum absolute atomic E-state index is 13.0. The fraction of sp³-hybridized carbons (Fsp3) is 0.412. The van der Waals surface area contributed by atoms with Crippen molar-refractivity contribution in [2.45, 2.75) is 39.5 Å². The van der Waals surface area contributed by atoms with Gasteiger partial charge >= 0.3 is 0 Å². The van der Waals surface area contributed by atoms with Crippen LogP contribution in [0.5, 0.6) is 0 Å². The molecule has 2 aromatic rings. The van der Waals surface area contributed by atoms with Crippen LogP contribution in [0.25, 0.3) is 0 Å². The molecule has 3 nitrogen and oxygen atoms in total. The summed E-state index contributed by atoms with van der Waals surface area (Å²) in [5.74, 6) is 1.45. The Morgan fingerprint density at radius 1 is 1.05 bits per heavy atom. The number of hydrogen-bond donors (Lipinski definition) is 1. The minimum atomic E-state index is -0.218. The maximum atomic E-state index is 13.0. The van der Waals surface area contributed by atoms with E-state index in [-0.39, 0.29) is 5.82 Å². The quantitative estimate of drug-likeness (QED) is 0.837. The van der Waals surface area contributed by atoms with Gasteiger partial charge in [0.05, 0.1) is 0 Å². The number of rotatable bonds is 7. The molecule has 0 unspecified atom stereocenters. The molecule has 0 bridgehead atoms. The van der Waals surface area contributed by atoms with E-state index in [9.17, 15) is 4.39 Å². The van der Waals surface area contributed by atoms with E-state index < -0.39 is 0 Å². The number of aryl methyl sites for hydroxylation is 1. The first-order chi connectivity index (χ1) is 10.2. The molecule has 0 atom stereocenters. The van der Waals surface area contributed by atoms with Crippen LogP contribution in [-0.4, -0.2) is 16.5 Å². The van der Waals surface area contributed by atoms with Crippen LogP contribution in [0, 0.1) is 5.82 Å². The molecule has 0 aliphatic heterocycles. The number of hydrogen-bond acceptors (Lipinski definition) is 3. The van der Waals surface area contributed by atoms with Crippen LogP contribution >= 0.6 is 0 Å². The highest BCUT2D eigenvalue weighted by Crippen LogP contribution is 2.13. The first kappa shape index (κ1) is 15.4. The van der Waals surface area contributed by atoms with Gasteiger partial charge in [-0.05, 0) is 30.5 Å². The number of benzene rings is 1. The minimum absolute atomic E-state index is 0.218. The number of anilines is 1. The van der Waals surface area contributed by atoms with Gasteiger partial charge in [-0.2, -0.15) is 0 Å². The molecule has 0 amide bonds.